The standard InChI is InChI=1S/C12H17IN2.ClH/c1-10-8-14-6-7-15(10)9-11-2-4-12(13)5-3-11;/h2-5,10,14H,6-9H2,1H3;1H/t10-;/m0./s1. The molecule has 0 saturated carbocycles. The molecule has 0 spiro atoms. The van der Waals surface area contributed by atoms with Crippen LogP contribution in [0, 0.1) is 3.57 Å². The fraction of sp³-hybridized carbons (Fsp3) is 0.500. The van der Waals surface area contributed by atoms with Crippen molar-refractivity contribution in [1.29, 1.82) is 0 Å². The molecule has 1 atom stereocenters. The van der Waals surface area contributed by atoms with E-state index in [1.165, 1.54) is 9.13 Å². The van der Waals surface area contributed by atoms with Gasteiger partial charge in [-0.3, -0.25) is 4.90 Å². The Balaban J connectivity index is 0.00000128. The summed E-state index contributed by atoms with van der Waals surface area (Å²) in [7, 11) is 0. The first-order valence-corrected chi connectivity index (χ1v) is 6.53. The number of hydrogen-bond donors (Lipinski definition) is 1. The van der Waals surface area contributed by atoms with E-state index in [9.17, 15) is 0 Å². The van der Waals surface area contributed by atoms with Crippen molar-refractivity contribution in [3.8, 4) is 0 Å². The van der Waals surface area contributed by atoms with Crippen molar-refractivity contribution in [1.82, 2.24) is 10.2 Å². The first-order valence-electron chi connectivity index (χ1n) is 5.45. The van der Waals surface area contributed by atoms with E-state index in [1.54, 1.807) is 0 Å². The van der Waals surface area contributed by atoms with Crippen LogP contribution >= 0.6 is 35.0 Å². The summed E-state index contributed by atoms with van der Waals surface area (Å²) < 4.78 is 1.31. The highest BCUT2D eigenvalue weighted by atomic mass is 127. The Bertz CT molecular complexity index is 315. The molecule has 1 fully saturated rings. The van der Waals surface area contributed by atoms with Gasteiger partial charge in [0.05, 0.1) is 0 Å². The second-order valence-electron chi connectivity index (χ2n) is 4.15. The summed E-state index contributed by atoms with van der Waals surface area (Å²) in [5.41, 5.74) is 1.42. The van der Waals surface area contributed by atoms with Gasteiger partial charge in [0.2, 0.25) is 0 Å². The molecule has 1 aromatic carbocycles. The molecule has 1 aliphatic rings. The van der Waals surface area contributed by atoms with Crippen molar-refractivity contribution in [2.24, 2.45) is 0 Å². The molecule has 0 aromatic heterocycles. The molecule has 0 radical (unpaired) electrons. The largest absolute Gasteiger partial charge is 0.314 e. The number of benzene rings is 1. The molecule has 1 aliphatic heterocycles. The van der Waals surface area contributed by atoms with Crippen LogP contribution in [0.3, 0.4) is 0 Å². The summed E-state index contributed by atoms with van der Waals surface area (Å²) in [6.07, 6.45) is 0. The molecule has 0 unspecified atom stereocenters. The minimum atomic E-state index is 0. The predicted octanol–water partition coefficient (Wildman–Crippen LogP) is 2.51. The fourth-order valence-electron chi connectivity index (χ4n) is 1.94. The van der Waals surface area contributed by atoms with E-state index in [0.717, 1.165) is 26.2 Å². The Labute approximate surface area is 117 Å². The molecule has 1 aromatic rings. The third kappa shape index (κ3) is 3.87. The maximum absolute atomic E-state index is 3.42. The van der Waals surface area contributed by atoms with Crippen LogP contribution in [0.25, 0.3) is 0 Å². The SMILES string of the molecule is C[C@H]1CNCCN1Cc1ccc(I)cc1.Cl. The maximum atomic E-state index is 3.42. The highest BCUT2D eigenvalue weighted by Crippen LogP contribution is 2.12. The van der Waals surface area contributed by atoms with Crippen LogP contribution in [0.1, 0.15) is 12.5 Å². The zero-order chi connectivity index (χ0) is 10.7. The summed E-state index contributed by atoms with van der Waals surface area (Å²) in [5.74, 6) is 0. The molecular weight excluding hydrogens is 335 g/mol. The van der Waals surface area contributed by atoms with E-state index in [2.05, 4.69) is 64.0 Å². The monoisotopic (exact) mass is 352 g/mol. The van der Waals surface area contributed by atoms with Crippen molar-refractivity contribution in [3.05, 3.63) is 33.4 Å². The zero-order valence-corrected chi connectivity index (χ0v) is 12.4. The Kier molecular flexibility index (Phi) is 6.03. The van der Waals surface area contributed by atoms with Crippen LogP contribution in [0.2, 0.25) is 0 Å². The lowest BCUT2D eigenvalue weighted by molar-refractivity contribution is 0.165. The third-order valence-corrected chi connectivity index (χ3v) is 3.66. The normalized spacial score (nSPS) is 21.5. The number of halogens is 2. The van der Waals surface area contributed by atoms with Gasteiger partial charge in [0.25, 0.3) is 0 Å². The van der Waals surface area contributed by atoms with Crippen molar-refractivity contribution < 1.29 is 0 Å². The van der Waals surface area contributed by atoms with E-state index in [0.29, 0.717) is 6.04 Å². The van der Waals surface area contributed by atoms with Crippen LogP contribution < -0.4 is 5.32 Å². The van der Waals surface area contributed by atoms with E-state index in [-0.39, 0.29) is 12.4 Å². The first kappa shape index (κ1) is 14.2. The van der Waals surface area contributed by atoms with Gasteiger partial charge >= 0.3 is 0 Å². The molecule has 0 bridgehead atoms. The van der Waals surface area contributed by atoms with Crippen molar-refractivity contribution >= 4 is 35.0 Å². The second-order valence-corrected chi connectivity index (χ2v) is 5.40. The molecule has 90 valence electrons. The Hall–Kier alpha value is 0.160. The molecule has 1 heterocycles. The Morgan fingerprint density at radius 2 is 2.06 bits per heavy atom. The van der Waals surface area contributed by atoms with Gasteiger partial charge < -0.3 is 5.32 Å². The molecule has 2 nitrogen and oxygen atoms in total. The van der Waals surface area contributed by atoms with Gasteiger partial charge in [-0.05, 0) is 47.2 Å². The lowest BCUT2D eigenvalue weighted by Crippen LogP contribution is -2.49. The van der Waals surface area contributed by atoms with Gasteiger partial charge in [0, 0.05) is 35.8 Å². The first-order chi connectivity index (χ1) is 7.25. The minimum absolute atomic E-state index is 0. The Morgan fingerprint density at radius 1 is 1.38 bits per heavy atom. The van der Waals surface area contributed by atoms with Crippen LogP contribution in [-0.2, 0) is 6.54 Å². The predicted molar refractivity (Wildman–Crippen MR) is 79.1 cm³/mol. The summed E-state index contributed by atoms with van der Waals surface area (Å²) >= 11 is 2.35. The topological polar surface area (TPSA) is 15.3 Å². The van der Waals surface area contributed by atoms with Gasteiger partial charge in [0.1, 0.15) is 0 Å². The molecule has 1 saturated heterocycles. The maximum Gasteiger partial charge on any atom is 0.0237 e. The molecule has 0 amide bonds. The number of nitrogens with zero attached hydrogens (tertiary/aromatic N) is 1. The van der Waals surface area contributed by atoms with Gasteiger partial charge in [-0.25, -0.2) is 0 Å². The number of piperazine rings is 1. The van der Waals surface area contributed by atoms with E-state index in [4.69, 9.17) is 0 Å². The highest BCUT2D eigenvalue weighted by Gasteiger charge is 2.17. The zero-order valence-electron chi connectivity index (χ0n) is 9.45. The number of nitrogens with one attached hydrogen (secondary N) is 1. The average Bonchev–Trinajstić information content (AvgIpc) is 2.25. The van der Waals surface area contributed by atoms with Crippen molar-refractivity contribution in [3.63, 3.8) is 0 Å². The molecule has 0 aliphatic carbocycles. The van der Waals surface area contributed by atoms with Gasteiger partial charge in [0.15, 0.2) is 0 Å². The van der Waals surface area contributed by atoms with Crippen molar-refractivity contribution in [2.75, 3.05) is 19.6 Å². The van der Waals surface area contributed by atoms with E-state index >= 15 is 0 Å². The van der Waals surface area contributed by atoms with Gasteiger partial charge in [-0.1, -0.05) is 12.1 Å². The minimum Gasteiger partial charge on any atom is -0.314 e. The lowest BCUT2D eigenvalue weighted by atomic mass is 10.1. The van der Waals surface area contributed by atoms with E-state index in [1.807, 2.05) is 0 Å². The van der Waals surface area contributed by atoms with Crippen LogP contribution in [-0.4, -0.2) is 30.6 Å². The number of rotatable bonds is 2. The molecule has 4 heteroatoms. The van der Waals surface area contributed by atoms with Gasteiger partial charge in [-0.2, -0.15) is 0 Å². The summed E-state index contributed by atoms with van der Waals surface area (Å²) in [6.45, 7) is 6.77. The molecule has 16 heavy (non-hydrogen) atoms. The Morgan fingerprint density at radius 3 is 2.69 bits per heavy atom. The quantitative estimate of drug-likeness (QED) is 0.823. The molecule has 2 rings (SSSR count). The van der Waals surface area contributed by atoms with Crippen LogP contribution in [0.15, 0.2) is 24.3 Å². The highest BCUT2D eigenvalue weighted by molar-refractivity contribution is 14.1. The second kappa shape index (κ2) is 6.79. The van der Waals surface area contributed by atoms with Gasteiger partial charge in [-0.15, -0.1) is 12.4 Å². The van der Waals surface area contributed by atoms with Crippen molar-refractivity contribution in [2.45, 2.75) is 19.5 Å². The third-order valence-electron chi connectivity index (χ3n) is 2.94. The fourth-order valence-corrected chi connectivity index (χ4v) is 2.30. The summed E-state index contributed by atoms with van der Waals surface area (Å²) in [5, 5.41) is 3.42. The summed E-state index contributed by atoms with van der Waals surface area (Å²) in [4.78, 5) is 2.54. The average molecular weight is 353 g/mol. The lowest BCUT2D eigenvalue weighted by Gasteiger charge is -2.33. The summed E-state index contributed by atoms with van der Waals surface area (Å²) in [6, 6.07) is 9.48. The van der Waals surface area contributed by atoms with E-state index < -0.39 is 0 Å². The molecular formula is C12H18ClIN2. The number of hydrogen-bond acceptors (Lipinski definition) is 2. The van der Waals surface area contributed by atoms with Crippen LogP contribution in [0.4, 0.5) is 0 Å². The van der Waals surface area contributed by atoms with Crippen LogP contribution in [0.5, 0.6) is 0 Å². The smallest absolute Gasteiger partial charge is 0.0237 e. The molecule has 1 N–H and O–H groups in total.